The molecule has 0 radical (unpaired) electrons. The van der Waals surface area contributed by atoms with Crippen molar-refractivity contribution in [2.45, 2.75) is 13.0 Å². The fourth-order valence-corrected chi connectivity index (χ4v) is 5.18. The monoisotopic (exact) mass is 436 g/mol. The third kappa shape index (κ3) is 3.47. The number of thiophene rings is 1. The molecular formula is C18H16N2O7S2. The molecule has 3 amide bonds. The van der Waals surface area contributed by atoms with Gasteiger partial charge in [0.25, 0.3) is 11.8 Å². The fraction of sp³-hybridized carbons (Fsp3) is 0.278. The van der Waals surface area contributed by atoms with E-state index in [2.05, 4.69) is 5.32 Å². The minimum atomic E-state index is -3.55. The van der Waals surface area contributed by atoms with Crippen molar-refractivity contribution < 1.29 is 32.3 Å². The van der Waals surface area contributed by atoms with Crippen LogP contribution in [0, 0.1) is 0 Å². The van der Waals surface area contributed by atoms with Gasteiger partial charge in [-0.2, -0.15) is 0 Å². The first-order valence-corrected chi connectivity index (χ1v) is 11.4. The zero-order valence-electron chi connectivity index (χ0n) is 15.4. The van der Waals surface area contributed by atoms with Crippen molar-refractivity contribution in [2.75, 3.05) is 24.1 Å². The van der Waals surface area contributed by atoms with Crippen molar-refractivity contribution in [1.82, 2.24) is 4.90 Å². The molecule has 2 aliphatic heterocycles. The van der Waals surface area contributed by atoms with E-state index in [9.17, 15) is 22.8 Å². The molecule has 0 aliphatic carbocycles. The van der Waals surface area contributed by atoms with Gasteiger partial charge in [0.2, 0.25) is 12.7 Å². The van der Waals surface area contributed by atoms with E-state index >= 15 is 0 Å². The summed E-state index contributed by atoms with van der Waals surface area (Å²) in [5.74, 6) is -1.17. The molecule has 0 saturated heterocycles. The van der Waals surface area contributed by atoms with Crippen molar-refractivity contribution in [3.05, 3.63) is 39.6 Å². The largest absolute Gasteiger partial charge is 0.454 e. The van der Waals surface area contributed by atoms with Gasteiger partial charge >= 0.3 is 0 Å². The highest BCUT2D eigenvalue weighted by Gasteiger charge is 2.44. The minimum Gasteiger partial charge on any atom is -0.454 e. The van der Waals surface area contributed by atoms with E-state index in [4.69, 9.17) is 9.47 Å². The summed E-state index contributed by atoms with van der Waals surface area (Å²) in [4.78, 5) is 38.6. The number of nitrogens with zero attached hydrogens (tertiary/aromatic N) is 1. The fourth-order valence-electron chi connectivity index (χ4n) is 3.34. The molecule has 9 nitrogen and oxygen atoms in total. The molecule has 1 atom stereocenters. The molecule has 0 spiro atoms. The summed E-state index contributed by atoms with van der Waals surface area (Å²) < 4.78 is 34.8. The Labute approximate surface area is 170 Å². The van der Waals surface area contributed by atoms with Crippen LogP contribution < -0.4 is 14.8 Å². The van der Waals surface area contributed by atoms with Crippen LogP contribution in [-0.4, -0.2) is 49.8 Å². The maximum atomic E-state index is 13.1. The second-order valence-corrected chi connectivity index (χ2v) is 9.80. The number of imide groups is 1. The number of fused-ring (bicyclic) bond motifs is 2. The Bertz CT molecular complexity index is 1150. The number of ether oxygens (including phenoxy) is 2. The Morgan fingerprint density at radius 1 is 1.24 bits per heavy atom. The summed E-state index contributed by atoms with van der Waals surface area (Å²) >= 11 is 1.03. The maximum Gasteiger partial charge on any atom is 0.272 e. The molecule has 11 heteroatoms. The molecule has 1 N–H and O–H groups in total. The zero-order valence-corrected chi connectivity index (χ0v) is 17.1. The standard InChI is InChI=1S/C18H16N2O7S2/c1-9(21)19-11-6-28-16-15(11)17(22)20(18(16)23)12(7-29(2,24)25)10-3-4-13-14(5-10)27-8-26-13/h3-6,12H,7-8H2,1-2H3,(H,19,21)/t12-/m0/s1. The lowest BCUT2D eigenvalue weighted by atomic mass is 10.1. The molecular weight excluding hydrogens is 420 g/mol. The molecule has 1 aromatic heterocycles. The quantitative estimate of drug-likeness (QED) is 0.710. The lowest BCUT2D eigenvalue weighted by molar-refractivity contribution is -0.114. The normalized spacial score (nSPS) is 16.1. The van der Waals surface area contributed by atoms with Gasteiger partial charge in [0.05, 0.1) is 23.0 Å². The van der Waals surface area contributed by atoms with E-state index in [1.807, 2.05) is 0 Å². The summed E-state index contributed by atoms with van der Waals surface area (Å²) in [5, 5.41) is 4.05. The number of amides is 3. The van der Waals surface area contributed by atoms with Gasteiger partial charge in [-0.3, -0.25) is 19.3 Å². The van der Waals surface area contributed by atoms with Crippen LogP contribution in [0.15, 0.2) is 23.6 Å². The molecule has 29 heavy (non-hydrogen) atoms. The summed E-state index contributed by atoms with van der Waals surface area (Å²) in [7, 11) is -3.55. The number of anilines is 1. The van der Waals surface area contributed by atoms with Crippen molar-refractivity contribution in [1.29, 1.82) is 0 Å². The topological polar surface area (TPSA) is 119 Å². The Kier molecular flexibility index (Phi) is 4.58. The second-order valence-electron chi connectivity index (χ2n) is 6.74. The zero-order chi connectivity index (χ0) is 20.9. The second kappa shape index (κ2) is 6.85. The predicted octanol–water partition coefficient (Wildman–Crippen LogP) is 1.82. The van der Waals surface area contributed by atoms with Gasteiger partial charge in [0.1, 0.15) is 14.7 Å². The van der Waals surface area contributed by atoms with Crippen LogP contribution in [0.2, 0.25) is 0 Å². The summed E-state index contributed by atoms with van der Waals surface area (Å²) in [5.41, 5.74) is 0.745. The van der Waals surface area contributed by atoms with Crippen molar-refractivity contribution in [3.8, 4) is 11.5 Å². The van der Waals surface area contributed by atoms with Crippen LogP contribution in [0.25, 0.3) is 0 Å². The SMILES string of the molecule is CC(=O)Nc1csc2c1C(=O)N([C@@H](CS(C)(=O)=O)c1ccc3c(c1)OCO3)C2=O. The Balaban J connectivity index is 1.77. The Hall–Kier alpha value is -2.92. The van der Waals surface area contributed by atoms with Crippen molar-refractivity contribution in [2.24, 2.45) is 0 Å². The number of nitrogens with one attached hydrogen (secondary N) is 1. The average Bonchev–Trinajstić information content (AvgIpc) is 3.30. The summed E-state index contributed by atoms with van der Waals surface area (Å²) in [6.45, 7) is 1.33. The molecule has 2 aliphatic rings. The molecule has 2 aromatic rings. The lowest BCUT2D eigenvalue weighted by Gasteiger charge is -2.26. The maximum absolute atomic E-state index is 13.1. The highest BCUT2D eigenvalue weighted by molar-refractivity contribution is 7.90. The smallest absolute Gasteiger partial charge is 0.272 e. The predicted molar refractivity (Wildman–Crippen MR) is 104 cm³/mol. The number of hydrogen-bond donors (Lipinski definition) is 1. The number of carbonyl (C=O) groups excluding carboxylic acids is 3. The van der Waals surface area contributed by atoms with Crippen LogP contribution in [-0.2, 0) is 14.6 Å². The number of hydrogen-bond acceptors (Lipinski definition) is 8. The van der Waals surface area contributed by atoms with Gasteiger partial charge in [-0.15, -0.1) is 11.3 Å². The number of sulfone groups is 1. The molecule has 0 bridgehead atoms. The summed E-state index contributed by atoms with van der Waals surface area (Å²) in [6.07, 6.45) is 1.04. The van der Waals surface area contributed by atoms with E-state index in [-0.39, 0.29) is 28.8 Å². The molecule has 4 rings (SSSR count). The van der Waals surface area contributed by atoms with Crippen LogP contribution in [0.4, 0.5) is 5.69 Å². The van der Waals surface area contributed by atoms with Gasteiger partial charge in [0.15, 0.2) is 11.5 Å². The highest BCUT2D eigenvalue weighted by atomic mass is 32.2. The van der Waals surface area contributed by atoms with Crippen LogP contribution in [0.1, 0.15) is 38.6 Å². The van der Waals surface area contributed by atoms with Crippen LogP contribution in [0.3, 0.4) is 0 Å². The first-order valence-electron chi connectivity index (χ1n) is 8.50. The van der Waals surface area contributed by atoms with E-state index in [1.165, 1.54) is 12.3 Å². The van der Waals surface area contributed by atoms with Gasteiger partial charge in [0, 0.05) is 18.6 Å². The number of benzene rings is 1. The molecule has 0 fully saturated rings. The van der Waals surface area contributed by atoms with E-state index in [1.54, 1.807) is 18.2 Å². The molecule has 1 aromatic carbocycles. The highest BCUT2D eigenvalue weighted by Crippen LogP contribution is 2.41. The van der Waals surface area contributed by atoms with Gasteiger partial charge < -0.3 is 14.8 Å². The molecule has 3 heterocycles. The van der Waals surface area contributed by atoms with Crippen LogP contribution >= 0.6 is 11.3 Å². The van der Waals surface area contributed by atoms with E-state index in [0.717, 1.165) is 22.5 Å². The van der Waals surface area contributed by atoms with Crippen LogP contribution in [0.5, 0.6) is 11.5 Å². The van der Waals surface area contributed by atoms with Gasteiger partial charge in [-0.05, 0) is 17.7 Å². The van der Waals surface area contributed by atoms with Crippen molar-refractivity contribution >= 4 is 44.6 Å². The summed E-state index contributed by atoms with van der Waals surface area (Å²) in [6, 6.07) is 3.73. The van der Waals surface area contributed by atoms with Crippen molar-refractivity contribution in [3.63, 3.8) is 0 Å². The lowest BCUT2D eigenvalue weighted by Crippen LogP contribution is -2.37. The first-order chi connectivity index (χ1) is 13.7. The minimum absolute atomic E-state index is 0.0362. The third-order valence-electron chi connectivity index (χ3n) is 4.50. The first kappa shape index (κ1) is 19.4. The van der Waals surface area contributed by atoms with Gasteiger partial charge in [-0.1, -0.05) is 6.07 Å². The molecule has 152 valence electrons. The number of carbonyl (C=O) groups is 3. The van der Waals surface area contributed by atoms with Gasteiger partial charge in [-0.25, -0.2) is 8.42 Å². The van der Waals surface area contributed by atoms with E-state index < -0.39 is 33.4 Å². The third-order valence-corrected chi connectivity index (χ3v) is 6.39. The van der Waals surface area contributed by atoms with E-state index in [0.29, 0.717) is 17.1 Å². The molecule has 0 saturated carbocycles. The average molecular weight is 436 g/mol. The Morgan fingerprint density at radius 3 is 2.66 bits per heavy atom. The molecule has 0 unspecified atom stereocenters. The number of rotatable bonds is 5. The Morgan fingerprint density at radius 2 is 1.97 bits per heavy atom.